The summed E-state index contributed by atoms with van der Waals surface area (Å²) >= 11 is 0. The Kier molecular flexibility index (Phi) is 4.45. The highest BCUT2D eigenvalue weighted by atomic mass is 19.3. The van der Waals surface area contributed by atoms with Crippen molar-refractivity contribution in [1.82, 2.24) is 0 Å². The van der Waals surface area contributed by atoms with E-state index >= 15 is 0 Å². The third-order valence-electron chi connectivity index (χ3n) is 1.97. The molecule has 0 saturated carbocycles. The maximum atomic E-state index is 12.0. The molecule has 0 amide bonds. The van der Waals surface area contributed by atoms with Gasteiger partial charge < -0.3 is 15.6 Å². The second-order valence-electron chi connectivity index (χ2n) is 3.04. The molecule has 0 aromatic heterocycles. The maximum absolute atomic E-state index is 12.0. The number of rotatable bonds is 5. The molecule has 0 radical (unpaired) electrons. The highest BCUT2D eigenvalue weighted by Gasteiger charge is 2.13. The Morgan fingerprint density at radius 1 is 1.33 bits per heavy atom. The summed E-state index contributed by atoms with van der Waals surface area (Å²) in [6, 6.07) is 5.82. The molecule has 15 heavy (non-hydrogen) atoms. The number of alkyl halides is 2. The van der Waals surface area contributed by atoms with Crippen LogP contribution in [0.25, 0.3) is 0 Å². The zero-order valence-corrected chi connectivity index (χ0v) is 8.07. The standard InChI is InChI=1S/C10H13F2NO2/c11-10(12)15-9-4-2-1-3-7(9)8(13)5-6-14/h1-4,8,10,14H,5-6,13H2/t8-/m0/s1. The van der Waals surface area contributed by atoms with Gasteiger partial charge in [0.2, 0.25) is 0 Å². The minimum Gasteiger partial charge on any atom is -0.434 e. The summed E-state index contributed by atoms with van der Waals surface area (Å²) in [5, 5.41) is 8.70. The number of para-hydroxylation sites is 1. The number of hydrogen-bond donors (Lipinski definition) is 2. The van der Waals surface area contributed by atoms with Crippen molar-refractivity contribution in [3.05, 3.63) is 29.8 Å². The number of hydrogen-bond acceptors (Lipinski definition) is 3. The van der Waals surface area contributed by atoms with Gasteiger partial charge in [-0.1, -0.05) is 18.2 Å². The molecule has 1 rings (SSSR count). The van der Waals surface area contributed by atoms with Crippen molar-refractivity contribution < 1.29 is 18.6 Å². The van der Waals surface area contributed by atoms with Crippen molar-refractivity contribution in [2.24, 2.45) is 5.73 Å². The minimum absolute atomic E-state index is 0.0634. The molecule has 3 N–H and O–H groups in total. The second kappa shape index (κ2) is 5.63. The summed E-state index contributed by atoms with van der Waals surface area (Å²) in [6.07, 6.45) is 0.309. The van der Waals surface area contributed by atoms with E-state index in [-0.39, 0.29) is 12.4 Å². The quantitative estimate of drug-likeness (QED) is 0.788. The van der Waals surface area contributed by atoms with Crippen LogP contribution in [0.2, 0.25) is 0 Å². The van der Waals surface area contributed by atoms with Gasteiger partial charge in [-0.2, -0.15) is 8.78 Å². The third kappa shape index (κ3) is 3.45. The molecule has 0 spiro atoms. The van der Waals surface area contributed by atoms with Gasteiger partial charge in [0.1, 0.15) is 5.75 Å². The van der Waals surface area contributed by atoms with E-state index in [1.807, 2.05) is 0 Å². The molecular weight excluding hydrogens is 204 g/mol. The van der Waals surface area contributed by atoms with Gasteiger partial charge in [-0.05, 0) is 12.5 Å². The second-order valence-corrected chi connectivity index (χ2v) is 3.04. The number of benzene rings is 1. The lowest BCUT2D eigenvalue weighted by Gasteiger charge is -2.15. The van der Waals surface area contributed by atoms with Gasteiger partial charge in [0.25, 0.3) is 0 Å². The summed E-state index contributed by atoms with van der Waals surface area (Å²) in [4.78, 5) is 0. The van der Waals surface area contributed by atoms with Crippen molar-refractivity contribution in [2.75, 3.05) is 6.61 Å². The number of ether oxygens (including phenoxy) is 1. The molecule has 0 heterocycles. The molecule has 1 aromatic carbocycles. The Labute approximate surface area is 86.5 Å². The van der Waals surface area contributed by atoms with Crippen molar-refractivity contribution in [2.45, 2.75) is 19.1 Å². The predicted octanol–water partition coefficient (Wildman–Crippen LogP) is 1.67. The summed E-state index contributed by atoms with van der Waals surface area (Å²) in [5.74, 6) is 0.0634. The first kappa shape index (κ1) is 11.9. The van der Waals surface area contributed by atoms with E-state index in [0.29, 0.717) is 12.0 Å². The van der Waals surface area contributed by atoms with Gasteiger partial charge in [0.15, 0.2) is 0 Å². The van der Waals surface area contributed by atoms with Crippen LogP contribution in [0, 0.1) is 0 Å². The first-order valence-corrected chi connectivity index (χ1v) is 4.55. The number of halogens is 2. The molecule has 0 fully saturated rings. The van der Waals surface area contributed by atoms with E-state index in [1.165, 1.54) is 6.07 Å². The van der Waals surface area contributed by atoms with Crippen LogP contribution in [-0.4, -0.2) is 18.3 Å². The van der Waals surface area contributed by atoms with Gasteiger partial charge in [0.05, 0.1) is 0 Å². The number of nitrogens with two attached hydrogens (primary N) is 1. The Morgan fingerprint density at radius 2 is 2.00 bits per heavy atom. The summed E-state index contributed by atoms with van der Waals surface area (Å²) in [7, 11) is 0. The predicted molar refractivity (Wildman–Crippen MR) is 51.7 cm³/mol. The minimum atomic E-state index is -2.87. The normalized spacial score (nSPS) is 12.9. The lowest BCUT2D eigenvalue weighted by molar-refractivity contribution is -0.0506. The van der Waals surface area contributed by atoms with E-state index in [2.05, 4.69) is 4.74 Å². The monoisotopic (exact) mass is 217 g/mol. The van der Waals surface area contributed by atoms with Gasteiger partial charge >= 0.3 is 6.61 Å². The average molecular weight is 217 g/mol. The largest absolute Gasteiger partial charge is 0.434 e. The summed E-state index contributed by atoms with van der Waals surface area (Å²) in [6.45, 7) is -2.96. The SMILES string of the molecule is N[C@@H](CCO)c1ccccc1OC(F)F. The van der Waals surface area contributed by atoms with Crippen molar-refractivity contribution in [3.8, 4) is 5.75 Å². The van der Waals surface area contributed by atoms with E-state index < -0.39 is 12.7 Å². The first-order chi connectivity index (χ1) is 7.15. The molecule has 0 saturated heterocycles. The third-order valence-corrected chi connectivity index (χ3v) is 1.97. The Hall–Kier alpha value is -1.20. The number of aliphatic hydroxyl groups is 1. The fraction of sp³-hybridized carbons (Fsp3) is 0.400. The molecular formula is C10H13F2NO2. The van der Waals surface area contributed by atoms with Crippen LogP contribution in [0.3, 0.4) is 0 Å². The Morgan fingerprint density at radius 3 is 2.60 bits per heavy atom. The average Bonchev–Trinajstić information content (AvgIpc) is 2.18. The van der Waals surface area contributed by atoms with Crippen LogP contribution in [-0.2, 0) is 0 Å². The first-order valence-electron chi connectivity index (χ1n) is 4.55. The topological polar surface area (TPSA) is 55.5 Å². The van der Waals surface area contributed by atoms with Crippen molar-refractivity contribution in [3.63, 3.8) is 0 Å². The number of aliphatic hydroxyl groups excluding tert-OH is 1. The van der Waals surface area contributed by atoms with Crippen molar-refractivity contribution in [1.29, 1.82) is 0 Å². The van der Waals surface area contributed by atoms with Gasteiger partial charge in [0, 0.05) is 18.2 Å². The zero-order chi connectivity index (χ0) is 11.3. The molecule has 0 bridgehead atoms. The van der Waals surface area contributed by atoms with Gasteiger partial charge in [-0.15, -0.1) is 0 Å². The molecule has 0 unspecified atom stereocenters. The Balaban J connectivity index is 2.85. The molecule has 3 nitrogen and oxygen atoms in total. The van der Waals surface area contributed by atoms with Crippen LogP contribution >= 0.6 is 0 Å². The molecule has 0 aliphatic heterocycles. The zero-order valence-electron chi connectivity index (χ0n) is 8.07. The van der Waals surface area contributed by atoms with E-state index in [0.717, 1.165) is 0 Å². The van der Waals surface area contributed by atoms with Crippen LogP contribution < -0.4 is 10.5 Å². The highest BCUT2D eigenvalue weighted by Crippen LogP contribution is 2.26. The molecule has 1 aromatic rings. The van der Waals surface area contributed by atoms with Gasteiger partial charge in [-0.25, -0.2) is 0 Å². The highest BCUT2D eigenvalue weighted by molar-refractivity contribution is 5.35. The molecule has 84 valence electrons. The lowest BCUT2D eigenvalue weighted by atomic mass is 10.0. The fourth-order valence-corrected chi connectivity index (χ4v) is 1.28. The molecule has 5 heteroatoms. The van der Waals surface area contributed by atoms with Crippen LogP contribution in [0.15, 0.2) is 24.3 Å². The van der Waals surface area contributed by atoms with E-state index in [4.69, 9.17) is 10.8 Å². The maximum Gasteiger partial charge on any atom is 0.387 e. The van der Waals surface area contributed by atoms with Gasteiger partial charge in [-0.3, -0.25) is 0 Å². The molecule has 0 aliphatic carbocycles. The van der Waals surface area contributed by atoms with Crippen LogP contribution in [0.1, 0.15) is 18.0 Å². The smallest absolute Gasteiger partial charge is 0.387 e. The van der Waals surface area contributed by atoms with Crippen LogP contribution in [0.4, 0.5) is 8.78 Å². The molecule has 1 atom stereocenters. The van der Waals surface area contributed by atoms with E-state index in [9.17, 15) is 8.78 Å². The fourth-order valence-electron chi connectivity index (χ4n) is 1.28. The van der Waals surface area contributed by atoms with Crippen LogP contribution in [0.5, 0.6) is 5.75 Å². The Bertz CT molecular complexity index is 307. The molecule has 0 aliphatic rings. The lowest BCUT2D eigenvalue weighted by Crippen LogP contribution is -2.14. The summed E-state index contributed by atoms with van der Waals surface area (Å²) in [5.41, 5.74) is 6.18. The van der Waals surface area contributed by atoms with E-state index in [1.54, 1.807) is 18.2 Å². The van der Waals surface area contributed by atoms with Crippen molar-refractivity contribution >= 4 is 0 Å². The summed E-state index contributed by atoms with van der Waals surface area (Å²) < 4.78 is 28.4.